The summed E-state index contributed by atoms with van der Waals surface area (Å²) in [7, 11) is 2.19. The molecule has 2 rings (SSSR count). The van der Waals surface area contributed by atoms with Crippen LogP contribution in [0.4, 0.5) is 4.79 Å². The van der Waals surface area contributed by atoms with E-state index in [9.17, 15) is 4.79 Å². The number of carbonyl (C=O) groups excluding carboxylic acids is 1. The third kappa shape index (κ3) is 6.49. The van der Waals surface area contributed by atoms with Crippen LogP contribution >= 0.6 is 0 Å². The molecule has 1 saturated heterocycles. The van der Waals surface area contributed by atoms with Gasteiger partial charge in [-0.3, -0.25) is 9.80 Å². The van der Waals surface area contributed by atoms with E-state index < -0.39 is 5.60 Å². The highest BCUT2D eigenvalue weighted by Gasteiger charge is 2.25. The molecule has 1 aromatic carbocycles. The second kappa shape index (κ2) is 8.49. The number of hydrogen-bond donors (Lipinski definition) is 1. The number of benzene rings is 1. The van der Waals surface area contributed by atoms with Gasteiger partial charge in [-0.2, -0.15) is 0 Å². The van der Waals surface area contributed by atoms with Crippen LogP contribution in [0, 0.1) is 0 Å². The average Bonchev–Trinajstić information content (AvgIpc) is 2.95. The second-order valence-corrected chi connectivity index (χ2v) is 7.57. The summed E-state index contributed by atoms with van der Waals surface area (Å²) in [4.78, 5) is 16.5. The molecule has 1 unspecified atom stereocenters. The zero-order valence-electron chi connectivity index (χ0n) is 15.4. The molecule has 1 atom stereocenters. The fraction of sp³-hybridized carbons (Fsp3) is 0.632. The van der Waals surface area contributed by atoms with Gasteiger partial charge in [-0.05, 0) is 46.3 Å². The summed E-state index contributed by atoms with van der Waals surface area (Å²) in [5.74, 6) is 0. The lowest BCUT2D eigenvalue weighted by molar-refractivity contribution is 0.0523. The Morgan fingerprint density at radius 3 is 2.71 bits per heavy atom. The molecule has 5 heteroatoms. The molecule has 1 aromatic rings. The molecule has 24 heavy (non-hydrogen) atoms. The average molecular weight is 333 g/mol. The topological polar surface area (TPSA) is 44.8 Å². The zero-order chi connectivity index (χ0) is 17.6. The summed E-state index contributed by atoms with van der Waals surface area (Å²) >= 11 is 0. The maximum atomic E-state index is 11.6. The van der Waals surface area contributed by atoms with E-state index in [2.05, 4.69) is 52.5 Å². The number of nitrogens with zero attached hydrogens (tertiary/aromatic N) is 2. The van der Waals surface area contributed by atoms with E-state index in [1.165, 1.54) is 12.0 Å². The quantitative estimate of drug-likeness (QED) is 0.869. The molecule has 0 aliphatic carbocycles. The number of ether oxygens (including phenoxy) is 1. The number of rotatable bonds is 6. The predicted molar refractivity (Wildman–Crippen MR) is 97.0 cm³/mol. The van der Waals surface area contributed by atoms with E-state index in [4.69, 9.17) is 4.74 Å². The summed E-state index contributed by atoms with van der Waals surface area (Å²) in [6.45, 7) is 10.2. The van der Waals surface area contributed by atoms with Gasteiger partial charge in [0.2, 0.25) is 0 Å². The van der Waals surface area contributed by atoms with E-state index >= 15 is 0 Å². The van der Waals surface area contributed by atoms with Crippen molar-refractivity contribution < 1.29 is 9.53 Å². The van der Waals surface area contributed by atoms with E-state index in [-0.39, 0.29) is 6.09 Å². The molecule has 0 spiro atoms. The van der Waals surface area contributed by atoms with Crippen LogP contribution in [0.3, 0.4) is 0 Å². The molecule has 0 saturated carbocycles. The molecule has 0 radical (unpaired) electrons. The van der Waals surface area contributed by atoms with Crippen molar-refractivity contribution in [1.29, 1.82) is 0 Å². The number of carbonyl (C=O) groups is 1. The predicted octanol–water partition coefficient (Wildman–Crippen LogP) is 2.72. The molecule has 1 aliphatic rings. The Morgan fingerprint density at radius 2 is 2.04 bits per heavy atom. The van der Waals surface area contributed by atoms with Crippen LogP contribution in [-0.2, 0) is 11.3 Å². The van der Waals surface area contributed by atoms with Crippen LogP contribution < -0.4 is 5.32 Å². The summed E-state index contributed by atoms with van der Waals surface area (Å²) in [6.07, 6.45) is 0.843. The third-order valence-electron chi connectivity index (χ3n) is 4.24. The highest BCUT2D eigenvalue weighted by molar-refractivity contribution is 5.67. The van der Waals surface area contributed by atoms with Crippen molar-refractivity contribution in [2.75, 3.05) is 33.2 Å². The molecular weight excluding hydrogens is 302 g/mol. The largest absolute Gasteiger partial charge is 0.444 e. The number of hydrogen-bond acceptors (Lipinski definition) is 4. The number of likely N-dealkylation sites (N-methyl/N-ethyl adjacent to an activating group) is 1. The van der Waals surface area contributed by atoms with Crippen LogP contribution in [-0.4, -0.2) is 60.8 Å². The molecule has 1 heterocycles. The first-order chi connectivity index (χ1) is 11.3. The summed E-state index contributed by atoms with van der Waals surface area (Å²) in [5.41, 5.74) is 0.910. The van der Waals surface area contributed by atoms with Crippen LogP contribution in [0.15, 0.2) is 30.3 Å². The molecule has 1 N–H and O–H groups in total. The lowest BCUT2D eigenvalue weighted by atomic mass is 10.1. The van der Waals surface area contributed by atoms with E-state index in [1.54, 1.807) is 0 Å². The Morgan fingerprint density at radius 1 is 1.33 bits per heavy atom. The van der Waals surface area contributed by atoms with Crippen molar-refractivity contribution >= 4 is 6.09 Å². The van der Waals surface area contributed by atoms with Gasteiger partial charge < -0.3 is 10.1 Å². The maximum Gasteiger partial charge on any atom is 0.407 e. The Labute approximate surface area is 146 Å². The third-order valence-corrected chi connectivity index (χ3v) is 4.24. The summed E-state index contributed by atoms with van der Waals surface area (Å²) in [5, 5.41) is 2.83. The first-order valence-corrected chi connectivity index (χ1v) is 8.77. The molecule has 1 amide bonds. The van der Waals surface area contributed by atoms with Gasteiger partial charge in [0.15, 0.2) is 0 Å². The molecule has 5 nitrogen and oxygen atoms in total. The Bertz CT molecular complexity index is 513. The van der Waals surface area contributed by atoms with Gasteiger partial charge >= 0.3 is 6.09 Å². The van der Waals surface area contributed by atoms with E-state index in [0.717, 1.165) is 26.2 Å². The molecule has 134 valence electrons. The van der Waals surface area contributed by atoms with E-state index in [1.807, 2.05) is 20.8 Å². The van der Waals surface area contributed by atoms with Crippen LogP contribution in [0.25, 0.3) is 0 Å². The van der Waals surface area contributed by atoms with Gasteiger partial charge in [0.25, 0.3) is 0 Å². The highest BCUT2D eigenvalue weighted by atomic mass is 16.6. The lowest BCUT2D eigenvalue weighted by Gasteiger charge is -2.25. The molecule has 1 aliphatic heterocycles. The van der Waals surface area contributed by atoms with E-state index in [0.29, 0.717) is 12.6 Å². The van der Waals surface area contributed by atoms with Crippen molar-refractivity contribution in [3.63, 3.8) is 0 Å². The minimum atomic E-state index is -0.441. The van der Waals surface area contributed by atoms with Crippen molar-refractivity contribution in [3.8, 4) is 0 Å². The first-order valence-electron chi connectivity index (χ1n) is 8.77. The smallest absolute Gasteiger partial charge is 0.407 e. The Hall–Kier alpha value is -1.59. The van der Waals surface area contributed by atoms with Gasteiger partial charge in [0.1, 0.15) is 5.60 Å². The Kier molecular flexibility index (Phi) is 6.63. The lowest BCUT2D eigenvalue weighted by Crippen LogP contribution is -2.39. The molecule has 0 bridgehead atoms. The van der Waals surface area contributed by atoms with Crippen LogP contribution in [0.5, 0.6) is 0 Å². The van der Waals surface area contributed by atoms with Gasteiger partial charge in [-0.1, -0.05) is 30.3 Å². The summed E-state index contributed by atoms with van der Waals surface area (Å²) < 4.78 is 5.25. The second-order valence-electron chi connectivity index (χ2n) is 7.57. The summed E-state index contributed by atoms with van der Waals surface area (Å²) in [6, 6.07) is 11.2. The standard InChI is InChI=1S/C19H31N3O2/c1-19(2,3)24-18(23)20-11-13-22-12-10-17(15-22)21(4)14-16-8-6-5-7-9-16/h5-9,17H,10-15H2,1-4H3,(H,20,23). The zero-order valence-corrected chi connectivity index (χ0v) is 15.4. The highest BCUT2D eigenvalue weighted by Crippen LogP contribution is 2.16. The monoisotopic (exact) mass is 333 g/mol. The van der Waals surface area contributed by atoms with Crippen molar-refractivity contribution in [1.82, 2.24) is 15.1 Å². The molecular formula is C19H31N3O2. The minimum absolute atomic E-state index is 0.334. The fourth-order valence-electron chi connectivity index (χ4n) is 3.01. The first kappa shape index (κ1) is 18.7. The number of alkyl carbamates (subject to hydrolysis) is 1. The van der Waals surface area contributed by atoms with Gasteiger partial charge in [0.05, 0.1) is 0 Å². The number of amides is 1. The van der Waals surface area contributed by atoms with Gasteiger partial charge in [-0.25, -0.2) is 4.79 Å². The van der Waals surface area contributed by atoms with Crippen molar-refractivity contribution in [2.45, 2.75) is 45.4 Å². The molecule has 0 aromatic heterocycles. The molecule has 1 fully saturated rings. The van der Waals surface area contributed by atoms with Crippen molar-refractivity contribution in [2.24, 2.45) is 0 Å². The van der Waals surface area contributed by atoms with Crippen LogP contribution in [0.1, 0.15) is 32.8 Å². The normalized spacial score (nSPS) is 18.8. The van der Waals surface area contributed by atoms with Crippen molar-refractivity contribution in [3.05, 3.63) is 35.9 Å². The Balaban J connectivity index is 1.66. The minimum Gasteiger partial charge on any atom is -0.444 e. The fourth-order valence-corrected chi connectivity index (χ4v) is 3.01. The van der Waals surface area contributed by atoms with Crippen LogP contribution in [0.2, 0.25) is 0 Å². The van der Waals surface area contributed by atoms with Gasteiger partial charge in [-0.15, -0.1) is 0 Å². The number of nitrogens with one attached hydrogen (secondary N) is 1. The van der Waals surface area contributed by atoms with Gasteiger partial charge in [0, 0.05) is 32.2 Å². The SMILES string of the molecule is CN(Cc1ccccc1)C1CCN(CCNC(=O)OC(C)(C)C)C1. The maximum absolute atomic E-state index is 11.6. The number of likely N-dealkylation sites (tertiary alicyclic amines) is 1.